The molecule has 0 saturated carbocycles. The first-order valence-corrected chi connectivity index (χ1v) is 6.63. The van der Waals surface area contributed by atoms with Gasteiger partial charge in [-0.1, -0.05) is 12.1 Å². The molecule has 0 saturated heterocycles. The van der Waals surface area contributed by atoms with E-state index in [0.717, 1.165) is 12.1 Å². The number of nitrogens with zero attached hydrogens (tertiary/aromatic N) is 3. The SMILES string of the molecule is Cn1ncc(C#N)c1NS(=O)(=O)c1ccccc1F. The highest BCUT2D eigenvalue weighted by Crippen LogP contribution is 2.20. The molecule has 2 rings (SSSR count). The van der Waals surface area contributed by atoms with E-state index in [1.165, 1.54) is 30.1 Å². The molecule has 0 aliphatic rings. The first kappa shape index (κ1) is 13.0. The number of benzene rings is 1. The van der Waals surface area contributed by atoms with Crippen LogP contribution >= 0.6 is 0 Å². The molecule has 0 bridgehead atoms. The summed E-state index contributed by atoms with van der Waals surface area (Å²) in [4.78, 5) is -0.486. The van der Waals surface area contributed by atoms with Gasteiger partial charge in [0.15, 0.2) is 5.82 Å². The van der Waals surface area contributed by atoms with Crippen LogP contribution in [-0.2, 0) is 17.1 Å². The lowest BCUT2D eigenvalue weighted by Gasteiger charge is -2.09. The second-order valence-corrected chi connectivity index (χ2v) is 5.33. The van der Waals surface area contributed by atoms with Crippen molar-refractivity contribution in [3.63, 3.8) is 0 Å². The number of anilines is 1. The summed E-state index contributed by atoms with van der Waals surface area (Å²) in [5.74, 6) is -0.874. The van der Waals surface area contributed by atoms with Crippen LogP contribution in [0.1, 0.15) is 5.56 Å². The normalized spacial score (nSPS) is 11.0. The van der Waals surface area contributed by atoms with Gasteiger partial charge in [0, 0.05) is 7.05 Å². The highest BCUT2D eigenvalue weighted by atomic mass is 32.2. The molecule has 0 radical (unpaired) electrons. The van der Waals surface area contributed by atoms with E-state index in [1.807, 2.05) is 0 Å². The van der Waals surface area contributed by atoms with Crippen LogP contribution in [0.2, 0.25) is 0 Å². The predicted molar refractivity (Wildman–Crippen MR) is 65.1 cm³/mol. The number of halogens is 1. The number of hydrogen-bond donors (Lipinski definition) is 1. The van der Waals surface area contributed by atoms with Crippen LogP contribution in [0.4, 0.5) is 10.2 Å². The minimum atomic E-state index is -4.11. The molecule has 0 aliphatic carbocycles. The fraction of sp³-hybridized carbons (Fsp3) is 0.0909. The molecule has 0 amide bonds. The van der Waals surface area contributed by atoms with Gasteiger partial charge >= 0.3 is 0 Å². The van der Waals surface area contributed by atoms with E-state index in [-0.39, 0.29) is 11.4 Å². The van der Waals surface area contributed by atoms with Crippen molar-refractivity contribution in [1.82, 2.24) is 9.78 Å². The first-order valence-electron chi connectivity index (χ1n) is 5.15. The van der Waals surface area contributed by atoms with Crippen molar-refractivity contribution in [2.24, 2.45) is 7.05 Å². The van der Waals surface area contributed by atoms with Gasteiger partial charge < -0.3 is 0 Å². The Bertz CT molecular complexity index is 761. The van der Waals surface area contributed by atoms with Crippen LogP contribution in [0.3, 0.4) is 0 Å². The Balaban J connectivity index is 2.46. The second kappa shape index (κ2) is 4.70. The van der Waals surface area contributed by atoms with Crippen molar-refractivity contribution < 1.29 is 12.8 Å². The average Bonchev–Trinajstić information content (AvgIpc) is 2.70. The highest BCUT2D eigenvalue weighted by molar-refractivity contribution is 7.92. The Morgan fingerprint density at radius 1 is 1.42 bits per heavy atom. The lowest BCUT2D eigenvalue weighted by atomic mass is 10.3. The molecule has 8 heteroatoms. The Hall–Kier alpha value is -2.40. The van der Waals surface area contributed by atoms with Crippen molar-refractivity contribution in [3.8, 4) is 6.07 Å². The lowest BCUT2D eigenvalue weighted by Crippen LogP contribution is -2.17. The number of rotatable bonds is 3. The molecular formula is C11H9FN4O2S. The summed E-state index contributed by atoms with van der Waals surface area (Å²) in [7, 11) is -2.63. The number of nitrogens with one attached hydrogen (secondary N) is 1. The molecule has 19 heavy (non-hydrogen) atoms. The third-order valence-electron chi connectivity index (χ3n) is 2.42. The molecule has 1 aromatic carbocycles. The van der Waals surface area contributed by atoms with Crippen molar-refractivity contribution in [2.45, 2.75) is 4.90 Å². The molecule has 0 spiro atoms. The number of aryl methyl sites for hydroxylation is 1. The van der Waals surface area contributed by atoms with Crippen molar-refractivity contribution in [1.29, 1.82) is 5.26 Å². The Labute approximate surface area is 109 Å². The summed E-state index contributed by atoms with van der Waals surface area (Å²) >= 11 is 0. The maximum Gasteiger partial charge on any atom is 0.265 e. The Morgan fingerprint density at radius 3 is 2.74 bits per heavy atom. The van der Waals surface area contributed by atoms with E-state index in [1.54, 1.807) is 6.07 Å². The zero-order valence-corrected chi connectivity index (χ0v) is 10.6. The zero-order valence-electron chi connectivity index (χ0n) is 9.83. The van der Waals surface area contributed by atoms with Gasteiger partial charge in [0.25, 0.3) is 10.0 Å². The topological polar surface area (TPSA) is 87.8 Å². The van der Waals surface area contributed by atoms with Crippen LogP contribution in [0.25, 0.3) is 0 Å². The first-order chi connectivity index (χ1) is 8.95. The van der Waals surface area contributed by atoms with Crippen LogP contribution in [0.15, 0.2) is 35.4 Å². The van der Waals surface area contributed by atoms with Crippen molar-refractivity contribution in [3.05, 3.63) is 41.8 Å². The minimum absolute atomic E-state index is 0.00856. The van der Waals surface area contributed by atoms with Crippen LogP contribution < -0.4 is 4.72 Å². The van der Waals surface area contributed by atoms with E-state index >= 15 is 0 Å². The second-order valence-electron chi connectivity index (χ2n) is 3.68. The summed E-state index contributed by atoms with van der Waals surface area (Å²) in [5.41, 5.74) is 0.0578. The molecule has 1 aromatic heterocycles. The fourth-order valence-corrected chi connectivity index (χ4v) is 2.67. The third-order valence-corrected chi connectivity index (χ3v) is 3.79. The smallest absolute Gasteiger partial charge is 0.262 e. The van der Waals surface area contributed by atoms with Gasteiger partial charge in [-0.25, -0.2) is 12.8 Å². The third kappa shape index (κ3) is 2.41. The standard InChI is InChI=1S/C11H9FN4O2S/c1-16-11(8(6-13)7-14-16)15-19(17,18)10-5-3-2-4-9(10)12/h2-5,7,15H,1H3. The van der Waals surface area contributed by atoms with Gasteiger partial charge in [-0.3, -0.25) is 9.40 Å². The van der Waals surface area contributed by atoms with Gasteiger partial charge in [-0.15, -0.1) is 0 Å². The van der Waals surface area contributed by atoms with Gasteiger partial charge in [-0.2, -0.15) is 10.4 Å². The number of aromatic nitrogens is 2. The summed E-state index contributed by atoms with van der Waals surface area (Å²) in [6.07, 6.45) is 1.22. The van der Waals surface area contributed by atoms with Gasteiger partial charge in [-0.05, 0) is 12.1 Å². The number of sulfonamides is 1. The molecule has 6 nitrogen and oxygen atoms in total. The van der Waals surface area contributed by atoms with E-state index in [9.17, 15) is 12.8 Å². The van der Waals surface area contributed by atoms with Crippen LogP contribution in [0, 0.1) is 17.1 Å². The van der Waals surface area contributed by atoms with Crippen LogP contribution in [-0.4, -0.2) is 18.2 Å². The highest BCUT2D eigenvalue weighted by Gasteiger charge is 2.21. The monoisotopic (exact) mass is 280 g/mol. The molecule has 1 heterocycles. The molecule has 0 fully saturated rings. The van der Waals surface area contributed by atoms with Gasteiger partial charge in [0.1, 0.15) is 22.3 Å². The molecule has 0 atom stereocenters. The van der Waals surface area contributed by atoms with E-state index in [4.69, 9.17) is 5.26 Å². The van der Waals surface area contributed by atoms with E-state index < -0.39 is 20.7 Å². The van der Waals surface area contributed by atoms with E-state index in [2.05, 4.69) is 9.82 Å². The van der Waals surface area contributed by atoms with Gasteiger partial charge in [0.05, 0.1) is 6.20 Å². The molecule has 2 aromatic rings. The zero-order chi connectivity index (χ0) is 14.0. The van der Waals surface area contributed by atoms with Crippen molar-refractivity contribution in [2.75, 3.05) is 4.72 Å². The van der Waals surface area contributed by atoms with Crippen LogP contribution in [0.5, 0.6) is 0 Å². The largest absolute Gasteiger partial charge is 0.265 e. The molecule has 0 unspecified atom stereocenters. The molecular weight excluding hydrogens is 271 g/mol. The Morgan fingerprint density at radius 2 is 2.11 bits per heavy atom. The average molecular weight is 280 g/mol. The summed E-state index contributed by atoms with van der Waals surface area (Å²) < 4.78 is 40.9. The van der Waals surface area contributed by atoms with Gasteiger partial charge in [0.2, 0.25) is 0 Å². The molecule has 1 N–H and O–H groups in total. The molecule has 98 valence electrons. The van der Waals surface area contributed by atoms with Crippen molar-refractivity contribution >= 4 is 15.8 Å². The van der Waals surface area contributed by atoms with E-state index in [0.29, 0.717) is 0 Å². The summed E-state index contributed by atoms with van der Waals surface area (Å²) in [6.45, 7) is 0. The predicted octanol–water partition coefficient (Wildman–Crippen LogP) is 1.23. The minimum Gasteiger partial charge on any atom is -0.262 e. The quantitative estimate of drug-likeness (QED) is 0.916. The number of hydrogen-bond acceptors (Lipinski definition) is 4. The summed E-state index contributed by atoms with van der Waals surface area (Å²) in [6, 6.07) is 6.78. The molecule has 0 aliphatic heterocycles. The Kier molecular flexibility index (Phi) is 3.23. The lowest BCUT2D eigenvalue weighted by molar-refractivity contribution is 0.570. The maximum absolute atomic E-state index is 13.5. The summed E-state index contributed by atoms with van der Waals surface area (Å²) in [5, 5.41) is 12.6. The maximum atomic E-state index is 13.5. The number of nitriles is 1. The fourth-order valence-electron chi connectivity index (χ4n) is 1.49.